The summed E-state index contributed by atoms with van der Waals surface area (Å²) in [5, 5.41) is 0. The molecule has 3 aromatic heterocycles. The standard InChI is InChI=1S/2C26H28FNO2.C16H19FNO3P.C14H20O3/c1-16-25-23(22-8-3-2-5-18(22)14-24(25)30-26(16)29)12-11-21-10-9-19(15-28-21)17-6-4-7-20(27)13-17;1-16-25-23(22-5-3-2-4-18(22)14-24(25)30-26(16)29)13-12-21-11-8-19(15-28-21)17-6-9-20(27)10-7-17;1-3-20-22(19,21-4-2)12-16-9-8-14(11-18-16)13-6-5-7-15(17)10-13;1-8-13-11(7-15)10-5-3-2-4-9(10)6-12(13)17-14(8)16/h4,6-7,9-13,15-16,18,22-25H,2-3,5,8,14H2,1H3;6-13,15-16,18,22-25H,2-5,14H2,1H3;5-11H,3-4,12H2,1-2H3;7-13H,2-6H2,1H3/b12-11+;13-12+;;/t2*16-,18-,22+,23-,24-,25+;;8-,9-,10+,11-,12-,13+/m00.0/s1. The van der Waals surface area contributed by atoms with Crippen LogP contribution < -0.4 is 0 Å². The molecule has 0 unspecified atom stereocenters. The van der Waals surface area contributed by atoms with E-state index in [-0.39, 0.29) is 101 Å². The van der Waals surface area contributed by atoms with Crippen molar-refractivity contribution in [2.45, 2.75) is 155 Å². The number of nitrogens with zero attached hydrogens (tertiary/aromatic N) is 3. The van der Waals surface area contributed by atoms with Crippen LogP contribution in [0.4, 0.5) is 13.2 Å². The summed E-state index contributed by atoms with van der Waals surface area (Å²) >= 11 is 0. The van der Waals surface area contributed by atoms with Gasteiger partial charge in [0.15, 0.2) is 0 Å². The third kappa shape index (κ3) is 16.7. The molecule has 0 N–H and O–H groups in total. The summed E-state index contributed by atoms with van der Waals surface area (Å²) in [6.45, 7) is 10.2. The number of rotatable bonds is 14. The molecule has 6 aliphatic carbocycles. The summed E-state index contributed by atoms with van der Waals surface area (Å²) in [7, 11) is -3.16. The molecule has 0 amide bonds. The lowest BCUT2D eigenvalue weighted by Gasteiger charge is -2.46. The number of carbonyl (C=O) groups is 4. The number of hydrogen-bond donors (Lipinski definition) is 0. The molecule has 3 aromatic carbocycles. The zero-order chi connectivity index (χ0) is 69.3. The van der Waals surface area contributed by atoms with Crippen molar-refractivity contribution in [2.75, 3.05) is 13.2 Å². The minimum atomic E-state index is -3.16. The predicted molar refractivity (Wildman–Crippen MR) is 376 cm³/mol. The van der Waals surface area contributed by atoms with E-state index in [9.17, 15) is 36.9 Å². The van der Waals surface area contributed by atoms with Gasteiger partial charge in [-0.2, -0.15) is 0 Å². The highest BCUT2D eigenvalue weighted by Gasteiger charge is 2.56. The number of ether oxygens (including phenoxy) is 3. The Hall–Kier alpha value is -7.39. The van der Waals surface area contributed by atoms with Crippen molar-refractivity contribution in [1.82, 2.24) is 15.0 Å². The van der Waals surface area contributed by atoms with E-state index >= 15 is 0 Å². The summed E-state index contributed by atoms with van der Waals surface area (Å²) in [5.41, 5.74) is 7.62. The normalized spacial score (nSPS) is 31.1. The minimum absolute atomic E-state index is 0.0204. The Balaban J connectivity index is 0.000000128. The van der Waals surface area contributed by atoms with Gasteiger partial charge < -0.3 is 28.1 Å². The topological polar surface area (TPSA) is 170 Å². The second-order valence-electron chi connectivity index (χ2n) is 29.1. The number of benzene rings is 3. The fourth-order valence-electron chi connectivity index (χ4n) is 18.6. The molecule has 18 atom stereocenters. The molecular formula is C82H95F3N3O10P. The first-order valence-corrected chi connectivity index (χ1v) is 38.2. The second kappa shape index (κ2) is 32.5. The van der Waals surface area contributed by atoms with Gasteiger partial charge in [-0.25, -0.2) is 13.2 Å². The highest BCUT2D eigenvalue weighted by molar-refractivity contribution is 7.53. The average Bonchev–Trinajstić information content (AvgIpc) is 1.67. The van der Waals surface area contributed by atoms with E-state index in [1.807, 2.05) is 69.4 Å². The maximum Gasteiger partial charge on any atom is 0.336 e. The summed E-state index contributed by atoms with van der Waals surface area (Å²) in [6.07, 6.45) is 33.6. The van der Waals surface area contributed by atoms with Gasteiger partial charge in [0.2, 0.25) is 0 Å². The Labute approximate surface area is 581 Å². The summed E-state index contributed by atoms with van der Waals surface area (Å²) in [4.78, 5) is 61.1. The van der Waals surface area contributed by atoms with Crippen LogP contribution in [0.2, 0.25) is 0 Å². The number of allylic oxidation sites excluding steroid dienone is 2. The van der Waals surface area contributed by atoms with Crippen molar-refractivity contribution < 1.29 is 60.2 Å². The number of halogens is 3. The van der Waals surface area contributed by atoms with Gasteiger partial charge in [-0.3, -0.25) is 33.9 Å². The molecule has 17 heteroatoms. The van der Waals surface area contributed by atoms with E-state index in [2.05, 4.69) is 39.3 Å². The van der Waals surface area contributed by atoms with Crippen LogP contribution in [-0.4, -0.2) is 70.7 Å². The maximum absolute atomic E-state index is 13.5. The first-order chi connectivity index (χ1) is 48.0. The number of aldehydes is 1. The van der Waals surface area contributed by atoms with Crippen molar-refractivity contribution >= 4 is 43.9 Å². The Bertz CT molecular complexity index is 3840. The van der Waals surface area contributed by atoms with E-state index in [1.54, 1.807) is 56.6 Å². The molecule has 9 fully saturated rings. The lowest BCUT2D eigenvalue weighted by Crippen LogP contribution is -2.44. The lowest BCUT2D eigenvalue weighted by molar-refractivity contribution is -0.146. The molecule has 99 heavy (non-hydrogen) atoms. The van der Waals surface area contributed by atoms with E-state index in [4.69, 9.17) is 23.3 Å². The fourth-order valence-corrected chi connectivity index (χ4v) is 20.2. The summed E-state index contributed by atoms with van der Waals surface area (Å²) < 4.78 is 79.8. The maximum atomic E-state index is 13.5. The quantitative estimate of drug-likeness (QED) is 0.0437. The Morgan fingerprint density at radius 1 is 0.465 bits per heavy atom. The Morgan fingerprint density at radius 2 is 0.848 bits per heavy atom. The van der Waals surface area contributed by atoms with E-state index in [0.29, 0.717) is 66.3 Å². The Morgan fingerprint density at radius 3 is 1.23 bits per heavy atom. The SMILES string of the molecule is CCOP(=O)(Cc1ccc(-c2cccc(F)c2)cn1)OCC.C[C@@H]1C(=O)O[C@H]2C[C@@H]3CCCC[C@H]3[C@H](/C=C/c3ccc(-c4ccc(F)cc4)cn3)[C@H]21.C[C@@H]1C(=O)O[C@H]2C[C@@H]3CCCC[C@H]3[C@H](/C=C/c3ccc(-c4cccc(F)c4)cn3)[C@H]21.C[C@@H]1C(=O)O[C@H]2C[C@@H]3CCCC[C@H]3[C@H](C=O)[C@H]21. The zero-order valence-corrected chi connectivity index (χ0v) is 58.5. The van der Waals surface area contributed by atoms with Crippen molar-refractivity contribution in [3.63, 3.8) is 0 Å². The molecule has 0 radical (unpaired) electrons. The zero-order valence-electron chi connectivity index (χ0n) is 57.6. The number of carbonyl (C=O) groups excluding carboxylic acids is 4. The van der Waals surface area contributed by atoms with Crippen LogP contribution in [0.25, 0.3) is 45.5 Å². The lowest BCUT2D eigenvalue weighted by atomic mass is 9.59. The molecule has 0 bridgehead atoms. The minimum Gasteiger partial charge on any atom is -0.462 e. The van der Waals surface area contributed by atoms with Gasteiger partial charge in [0.25, 0.3) is 0 Å². The molecule has 3 aliphatic heterocycles. The van der Waals surface area contributed by atoms with Crippen LogP contribution in [-0.2, 0) is 53.2 Å². The number of aromatic nitrogens is 3. The fraction of sp³-hybridized carbons (Fsp3) is 0.500. The van der Waals surface area contributed by atoms with Gasteiger partial charge in [-0.15, -0.1) is 0 Å². The Kier molecular flexibility index (Phi) is 23.5. The third-order valence-electron chi connectivity index (χ3n) is 23.3. The van der Waals surface area contributed by atoms with Crippen molar-refractivity contribution in [3.8, 4) is 33.4 Å². The van der Waals surface area contributed by atoms with Crippen molar-refractivity contribution in [2.24, 2.45) is 88.8 Å². The van der Waals surface area contributed by atoms with Gasteiger partial charge >= 0.3 is 25.5 Å². The van der Waals surface area contributed by atoms with Gasteiger partial charge in [-0.05, 0) is 183 Å². The monoisotopic (exact) mass is 1370 g/mol. The van der Waals surface area contributed by atoms with Gasteiger partial charge in [-0.1, -0.05) is 145 Å². The van der Waals surface area contributed by atoms with Gasteiger partial charge in [0, 0.05) is 59.0 Å². The largest absolute Gasteiger partial charge is 0.462 e. The van der Waals surface area contributed by atoms with Crippen LogP contribution in [0.5, 0.6) is 0 Å². The highest BCUT2D eigenvalue weighted by Crippen LogP contribution is 2.56. The van der Waals surface area contributed by atoms with Crippen LogP contribution in [0.1, 0.15) is 148 Å². The molecule has 6 saturated carbocycles. The molecule has 0 spiro atoms. The number of hydrogen-bond acceptors (Lipinski definition) is 13. The molecule has 3 saturated heterocycles. The predicted octanol–water partition coefficient (Wildman–Crippen LogP) is 18.7. The number of pyridine rings is 3. The van der Waals surface area contributed by atoms with Crippen LogP contribution in [0, 0.1) is 106 Å². The molecule has 9 aliphatic rings. The molecule has 6 aromatic rings. The summed E-state index contributed by atoms with van der Waals surface area (Å²) in [5.74, 6) is 4.18. The molecular weight excluding hydrogens is 1270 g/mol. The van der Waals surface area contributed by atoms with E-state index in [0.717, 1.165) is 76.7 Å². The third-order valence-corrected chi connectivity index (χ3v) is 25.3. The van der Waals surface area contributed by atoms with E-state index < -0.39 is 7.60 Å². The second-order valence-corrected chi connectivity index (χ2v) is 31.1. The van der Waals surface area contributed by atoms with Crippen LogP contribution >= 0.6 is 7.60 Å². The molecule has 524 valence electrons. The molecule has 13 nitrogen and oxygen atoms in total. The molecule has 15 rings (SSSR count). The van der Waals surface area contributed by atoms with Crippen LogP contribution in [0.15, 0.2) is 140 Å². The first kappa shape index (κ1) is 71.4. The van der Waals surface area contributed by atoms with Gasteiger partial charge in [0.1, 0.15) is 42.0 Å². The van der Waals surface area contributed by atoms with Crippen LogP contribution in [0.3, 0.4) is 0 Å². The highest BCUT2D eigenvalue weighted by atomic mass is 31.2. The van der Waals surface area contributed by atoms with E-state index in [1.165, 1.54) is 107 Å². The van der Waals surface area contributed by atoms with Gasteiger partial charge in [0.05, 0.1) is 54.2 Å². The smallest absolute Gasteiger partial charge is 0.336 e. The number of fused-ring (bicyclic) bond motifs is 6. The average molecular weight is 1370 g/mol. The summed E-state index contributed by atoms with van der Waals surface area (Å²) in [6, 6.07) is 30.9. The van der Waals surface area contributed by atoms with Crippen molar-refractivity contribution in [3.05, 3.63) is 174 Å². The van der Waals surface area contributed by atoms with Crippen molar-refractivity contribution in [1.29, 1.82) is 0 Å². The number of esters is 3. The first-order valence-electron chi connectivity index (χ1n) is 36.4. The molecule has 6 heterocycles.